The molecule has 0 aliphatic rings. The molecule has 0 fully saturated rings. The van der Waals surface area contributed by atoms with Crippen LogP contribution in [-0.2, 0) is 4.79 Å². The van der Waals surface area contributed by atoms with Crippen LogP contribution in [0.15, 0.2) is 46.9 Å². The maximum atomic E-state index is 11.9. The number of carbonyl (C=O) groups excluding carboxylic acids is 2. The standard InChI is InChI=1S/C15H11BrClN3O5/c16-11-7-9(17)5-6-13(11)25-8-14(21)18-19-15(22)10-3-1-2-4-12(10)20(23)24/h1-7H,8H2,(H,18,21)(H,19,22). The maximum Gasteiger partial charge on any atom is 0.282 e. The summed E-state index contributed by atoms with van der Waals surface area (Å²) in [6, 6.07) is 10.2. The molecule has 2 rings (SSSR count). The normalized spacial score (nSPS) is 10.0. The van der Waals surface area contributed by atoms with E-state index in [1.54, 1.807) is 18.2 Å². The van der Waals surface area contributed by atoms with Gasteiger partial charge in [0, 0.05) is 11.1 Å². The van der Waals surface area contributed by atoms with Gasteiger partial charge < -0.3 is 4.74 Å². The largest absolute Gasteiger partial charge is 0.483 e. The molecule has 0 spiro atoms. The van der Waals surface area contributed by atoms with Gasteiger partial charge in [0.15, 0.2) is 6.61 Å². The molecule has 0 atom stereocenters. The molecule has 0 saturated carbocycles. The molecule has 0 aliphatic heterocycles. The van der Waals surface area contributed by atoms with E-state index in [-0.39, 0.29) is 17.9 Å². The average Bonchev–Trinajstić information content (AvgIpc) is 2.58. The molecule has 8 nitrogen and oxygen atoms in total. The van der Waals surface area contributed by atoms with Gasteiger partial charge in [0.05, 0.1) is 9.40 Å². The predicted octanol–water partition coefficient (Wildman–Crippen LogP) is 2.85. The predicted molar refractivity (Wildman–Crippen MR) is 93.4 cm³/mol. The lowest BCUT2D eigenvalue weighted by Crippen LogP contribution is -2.44. The zero-order valence-corrected chi connectivity index (χ0v) is 14.8. The van der Waals surface area contributed by atoms with Gasteiger partial charge in [-0.05, 0) is 40.2 Å². The molecule has 2 N–H and O–H groups in total. The van der Waals surface area contributed by atoms with E-state index in [4.69, 9.17) is 16.3 Å². The lowest BCUT2D eigenvalue weighted by atomic mass is 10.2. The number of hydrogen-bond donors (Lipinski definition) is 2. The zero-order valence-electron chi connectivity index (χ0n) is 12.5. The summed E-state index contributed by atoms with van der Waals surface area (Å²) in [5.41, 5.74) is 3.68. The molecular weight excluding hydrogens is 418 g/mol. The molecule has 0 radical (unpaired) electrons. The van der Waals surface area contributed by atoms with E-state index >= 15 is 0 Å². The second kappa shape index (κ2) is 8.45. The van der Waals surface area contributed by atoms with Crippen LogP contribution in [0.3, 0.4) is 0 Å². The average molecular weight is 429 g/mol. The Kier molecular flexibility index (Phi) is 6.31. The third-order valence-corrected chi connectivity index (χ3v) is 3.77. The Morgan fingerprint density at radius 3 is 2.60 bits per heavy atom. The van der Waals surface area contributed by atoms with E-state index in [2.05, 4.69) is 26.8 Å². The maximum absolute atomic E-state index is 11.9. The van der Waals surface area contributed by atoms with Gasteiger partial charge >= 0.3 is 0 Å². The van der Waals surface area contributed by atoms with Crippen LogP contribution in [0.1, 0.15) is 10.4 Å². The van der Waals surface area contributed by atoms with Gasteiger partial charge in [-0.1, -0.05) is 23.7 Å². The fraction of sp³-hybridized carbons (Fsp3) is 0.0667. The number of carbonyl (C=O) groups is 2. The van der Waals surface area contributed by atoms with Crippen LogP contribution in [0.25, 0.3) is 0 Å². The number of rotatable bonds is 5. The van der Waals surface area contributed by atoms with Gasteiger partial charge in [-0.3, -0.25) is 30.6 Å². The van der Waals surface area contributed by atoms with Crippen LogP contribution < -0.4 is 15.6 Å². The zero-order chi connectivity index (χ0) is 18.4. The molecule has 130 valence electrons. The topological polar surface area (TPSA) is 111 Å². The summed E-state index contributed by atoms with van der Waals surface area (Å²) >= 11 is 9.03. The van der Waals surface area contributed by atoms with Gasteiger partial charge in [-0.2, -0.15) is 0 Å². The molecule has 2 aromatic carbocycles. The first-order valence-corrected chi connectivity index (χ1v) is 7.96. The minimum Gasteiger partial charge on any atom is -0.483 e. The van der Waals surface area contributed by atoms with E-state index in [0.717, 1.165) is 0 Å². The highest BCUT2D eigenvalue weighted by molar-refractivity contribution is 9.10. The van der Waals surface area contributed by atoms with Crippen molar-refractivity contribution in [2.24, 2.45) is 0 Å². The number of nitro groups is 1. The van der Waals surface area contributed by atoms with E-state index < -0.39 is 16.7 Å². The summed E-state index contributed by atoms with van der Waals surface area (Å²) in [5, 5.41) is 11.4. The fourth-order valence-corrected chi connectivity index (χ4v) is 2.59. The monoisotopic (exact) mass is 427 g/mol. The first-order valence-electron chi connectivity index (χ1n) is 6.79. The highest BCUT2D eigenvalue weighted by atomic mass is 79.9. The van der Waals surface area contributed by atoms with E-state index in [1.807, 2.05) is 0 Å². The van der Waals surface area contributed by atoms with Crippen LogP contribution in [0.4, 0.5) is 5.69 Å². The van der Waals surface area contributed by atoms with Crippen molar-refractivity contribution in [2.45, 2.75) is 0 Å². The number of para-hydroxylation sites is 1. The van der Waals surface area contributed by atoms with Crippen molar-refractivity contribution in [2.75, 3.05) is 6.61 Å². The van der Waals surface area contributed by atoms with Crippen molar-refractivity contribution < 1.29 is 19.2 Å². The van der Waals surface area contributed by atoms with Gasteiger partial charge in [-0.25, -0.2) is 0 Å². The second-order valence-corrected chi connectivity index (χ2v) is 5.93. The molecule has 0 heterocycles. The summed E-state index contributed by atoms with van der Waals surface area (Å²) in [4.78, 5) is 33.9. The fourth-order valence-electron chi connectivity index (χ4n) is 1.79. The van der Waals surface area contributed by atoms with E-state index in [1.165, 1.54) is 24.3 Å². The first kappa shape index (κ1) is 18.7. The van der Waals surface area contributed by atoms with Crippen molar-refractivity contribution in [3.05, 3.63) is 67.6 Å². The van der Waals surface area contributed by atoms with Crippen LogP contribution in [0.2, 0.25) is 5.02 Å². The summed E-state index contributed by atoms with van der Waals surface area (Å²) in [7, 11) is 0. The van der Waals surface area contributed by atoms with Crippen molar-refractivity contribution >= 4 is 45.0 Å². The van der Waals surface area contributed by atoms with Crippen LogP contribution in [0, 0.1) is 10.1 Å². The Morgan fingerprint density at radius 2 is 1.92 bits per heavy atom. The minimum atomic E-state index is -0.812. The quantitative estimate of drug-likeness (QED) is 0.562. The lowest BCUT2D eigenvalue weighted by molar-refractivity contribution is -0.385. The van der Waals surface area contributed by atoms with E-state index in [0.29, 0.717) is 15.2 Å². The number of hydrazine groups is 1. The van der Waals surface area contributed by atoms with Crippen molar-refractivity contribution in [3.63, 3.8) is 0 Å². The molecular formula is C15H11BrClN3O5. The lowest BCUT2D eigenvalue weighted by Gasteiger charge is -2.10. The molecule has 2 aromatic rings. The number of amides is 2. The molecule has 0 aromatic heterocycles. The van der Waals surface area contributed by atoms with Crippen LogP contribution in [0.5, 0.6) is 5.75 Å². The summed E-state index contributed by atoms with van der Waals surface area (Å²) in [6.07, 6.45) is 0. The number of ether oxygens (including phenoxy) is 1. The number of hydrogen-bond acceptors (Lipinski definition) is 5. The molecule has 0 unspecified atom stereocenters. The third kappa shape index (κ3) is 5.16. The summed E-state index contributed by atoms with van der Waals surface area (Å²) < 4.78 is 5.84. The van der Waals surface area contributed by atoms with Crippen molar-refractivity contribution in [1.29, 1.82) is 0 Å². The number of halogens is 2. The van der Waals surface area contributed by atoms with Gasteiger partial charge in [-0.15, -0.1) is 0 Å². The van der Waals surface area contributed by atoms with Crippen molar-refractivity contribution in [1.82, 2.24) is 10.9 Å². The molecule has 0 saturated heterocycles. The molecule has 2 amide bonds. The van der Waals surface area contributed by atoms with Gasteiger partial charge in [0.1, 0.15) is 11.3 Å². The number of nitrogens with one attached hydrogen (secondary N) is 2. The SMILES string of the molecule is O=C(COc1ccc(Cl)cc1Br)NNC(=O)c1ccccc1[N+](=O)[O-]. The molecule has 0 bridgehead atoms. The number of nitro benzene ring substituents is 1. The highest BCUT2D eigenvalue weighted by Crippen LogP contribution is 2.27. The summed E-state index contributed by atoms with van der Waals surface area (Å²) in [6.45, 7) is -0.378. The Balaban J connectivity index is 1.90. The Labute approximate surface area is 155 Å². The summed E-state index contributed by atoms with van der Waals surface area (Å²) in [5.74, 6) is -1.06. The van der Waals surface area contributed by atoms with Crippen molar-refractivity contribution in [3.8, 4) is 5.75 Å². The Morgan fingerprint density at radius 1 is 1.20 bits per heavy atom. The molecule has 10 heteroatoms. The Hall–Kier alpha value is -2.65. The molecule has 0 aliphatic carbocycles. The molecule has 25 heavy (non-hydrogen) atoms. The third-order valence-electron chi connectivity index (χ3n) is 2.91. The second-order valence-electron chi connectivity index (χ2n) is 4.64. The highest BCUT2D eigenvalue weighted by Gasteiger charge is 2.19. The smallest absolute Gasteiger partial charge is 0.282 e. The number of benzene rings is 2. The first-order chi connectivity index (χ1) is 11.9. The van der Waals surface area contributed by atoms with Crippen LogP contribution in [-0.4, -0.2) is 23.3 Å². The van der Waals surface area contributed by atoms with Gasteiger partial charge in [0.25, 0.3) is 17.5 Å². The van der Waals surface area contributed by atoms with Gasteiger partial charge in [0.2, 0.25) is 0 Å². The van der Waals surface area contributed by atoms with Crippen LogP contribution >= 0.6 is 27.5 Å². The number of nitrogens with zero attached hydrogens (tertiary/aromatic N) is 1. The minimum absolute atomic E-state index is 0.172. The van der Waals surface area contributed by atoms with E-state index in [9.17, 15) is 19.7 Å². The Bertz CT molecular complexity index is 831.